The van der Waals surface area contributed by atoms with Crippen LogP contribution in [0.4, 0.5) is 10.1 Å². The van der Waals surface area contributed by atoms with Gasteiger partial charge in [0.2, 0.25) is 5.91 Å². The molecular weight excluding hydrogens is 311 g/mol. The summed E-state index contributed by atoms with van der Waals surface area (Å²) in [5, 5.41) is 11.1. The summed E-state index contributed by atoms with van der Waals surface area (Å²) in [6.45, 7) is -0.0818. The largest absolute Gasteiger partial charge is 0.493 e. The van der Waals surface area contributed by atoms with E-state index >= 15 is 0 Å². The number of carbonyl (C=O) groups is 1. The number of benzene rings is 2. The first-order valence-corrected chi connectivity index (χ1v) is 7.05. The molecule has 0 aromatic heterocycles. The van der Waals surface area contributed by atoms with E-state index in [-0.39, 0.29) is 12.5 Å². The van der Waals surface area contributed by atoms with Gasteiger partial charge < -0.3 is 14.8 Å². The molecule has 0 unspecified atom stereocenters. The van der Waals surface area contributed by atoms with Crippen molar-refractivity contribution in [2.24, 2.45) is 0 Å². The van der Waals surface area contributed by atoms with Crippen molar-refractivity contribution in [2.45, 2.75) is 0 Å². The number of nitrogens with zero attached hydrogens (tertiary/aromatic N) is 1. The Labute approximate surface area is 138 Å². The number of ether oxygens (including phenoxy) is 2. The molecule has 1 N–H and O–H groups in total. The Morgan fingerprint density at radius 1 is 1.29 bits per heavy atom. The minimum Gasteiger partial charge on any atom is -0.493 e. The summed E-state index contributed by atoms with van der Waals surface area (Å²) in [6, 6.07) is 12.6. The predicted octanol–water partition coefficient (Wildman–Crippen LogP) is 3.39. The maximum Gasteiger partial charge on any atom is 0.248 e. The summed E-state index contributed by atoms with van der Waals surface area (Å²) >= 11 is 0. The Kier molecular flexibility index (Phi) is 5.92. The summed E-state index contributed by atoms with van der Waals surface area (Å²) in [7, 11) is 1.48. The molecule has 0 saturated carbocycles. The molecule has 0 heterocycles. The predicted molar refractivity (Wildman–Crippen MR) is 88.2 cm³/mol. The van der Waals surface area contributed by atoms with Crippen LogP contribution in [0.3, 0.4) is 0 Å². The number of anilines is 1. The fourth-order valence-electron chi connectivity index (χ4n) is 1.94. The number of methoxy groups -OCH3 is 1. The fraction of sp³-hybridized carbons (Fsp3) is 0.111. The highest BCUT2D eigenvalue weighted by Crippen LogP contribution is 2.28. The van der Waals surface area contributed by atoms with Gasteiger partial charge in [-0.3, -0.25) is 4.79 Å². The highest BCUT2D eigenvalue weighted by atomic mass is 19.1. The lowest BCUT2D eigenvalue weighted by molar-refractivity contribution is -0.111. The number of nitrogens with one attached hydrogen (secondary N) is 1. The first-order chi connectivity index (χ1) is 11.6. The van der Waals surface area contributed by atoms with Crippen LogP contribution in [0.1, 0.15) is 5.56 Å². The van der Waals surface area contributed by atoms with Gasteiger partial charge >= 0.3 is 0 Å². The minimum absolute atomic E-state index is 0.0818. The van der Waals surface area contributed by atoms with Crippen molar-refractivity contribution >= 4 is 17.7 Å². The van der Waals surface area contributed by atoms with Gasteiger partial charge in [0, 0.05) is 11.8 Å². The lowest BCUT2D eigenvalue weighted by atomic mass is 10.2. The average Bonchev–Trinajstić information content (AvgIpc) is 2.58. The molecule has 2 aromatic carbocycles. The van der Waals surface area contributed by atoms with E-state index in [0.29, 0.717) is 22.7 Å². The second-order valence-corrected chi connectivity index (χ2v) is 4.69. The standard InChI is InChI=1S/C18H15FN2O3/c1-23-17-11-13(5-7-16(17)24-10-9-20)6-8-18(22)21-15-4-2-3-14(19)12-15/h2-8,11-12H,10H2,1H3,(H,21,22). The van der Waals surface area contributed by atoms with Crippen LogP contribution in [0.2, 0.25) is 0 Å². The number of hydrogen-bond donors (Lipinski definition) is 1. The molecule has 2 aromatic rings. The molecule has 2 rings (SSSR count). The van der Waals surface area contributed by atoms with Gasteiger partial charge in [0.1, 0.15) is 11.9 Å². The van der Waals surface area contributed by atoms with E-state index in [2.05, 4.69) is 5.32 Å². The zero-order valence-corrected chi connectivity index (χ0v) is 13.0. The van der Waals surface area contributed by atoms with E-state index in [1.807, 2.05) is 6.07 Å². The van der Waals surface area contributed by atoms with Gasteiger partial charge in [-0.1, -0.05) is 12.1 Å². The van der Waals surface area contributed by atoms with Gasteiger partial charge in [0.05, 0.1) is 7.11 Å². The third-order valence-electron chi connectivity index (χ3n) is 3.00. The zero-order valence-electron chi connectivity index (χ0n) is 13.0. The fourth-order valence-corrected chi connectivity index (χ4v) is 1.94. The summed E-state index contributed by atoms with van der Waals surface area (Å²) in [6.07, 6.45) is 2.92. The van der Waals surface area contributed by atoms with Gasteiger partial charge in [-0.25, -0.2) is 4.39 Å². The van der Waals surface area contributed by atoms with E-state index in [4.69, 9.17) is 14.7 Å². The SMILES string of the molecule is COc1cc(C=CC(=O)Nc2cccc(F)c2)ccc1OCC#N. The topological polar surface area (TPSA) is 71.3 Å². The maximum absolute atomic E-state index is 13.1. The van der Waals surface area contributed by atoms with Crippen molar-refractivity contribution < 1.29 is 18.7 Å². The van der Waals surface area contributed by atoms with E-state index in [9.17, 15) is 9.18 Å². The number of carbonyl (C=O) groups excluding carboxylic acids is 1. The molecule has 0 atom stereocenters. The van der Waals surface area contributed by atoms with Crippen LogP contribution in [-0.4, -0.2) is 19.6 Å². The second-order valence-electron chi connectivity index (χ2n) is 4.69. The van der Waals surface area contributed by atoms with Crippen LogP contribution in [-0.2, 0) is 4.79 Å². The van der Waals surface area contributed by atoms with Crippen LogP contribution in [0.15, 0.2) is 48.5 Å². The van der Waals surface area contributed by atoms with Crippen LogP contribution in [0, 0.1) is 17.1 Å². The Morgan fingerprint density at radius 2 is 2.12 bits per heavy atom. The monoisotopic (exact) mass is 326 g/mol. The van der Waals surface area contributed by atoms with Gasteiger partial charge in [-0.05, 0) is 42.0 Å². The van der Waals surface area contributed by atoms with Crippen molar-refractivity contribution in [1.82, 2.24) is 0 Å². The summed E-state index contributed by atoms with van der Waals surface area (Å²) < 4.78 is 23.5. The summed E-state index contributed by atoms with van der Waals surface area (Å²) in [4.78, 5) is 11.8. The normalized spacial score (nSPS) is 10.2. The van der Waals surface area contributed by atoms with Gasteiger partial charge in [0.25, 0.3) is 0 Å². The van der Waals surface area contributed by atoms with Crippen LogP contribution >= 0.6 is 0 Å². The van der Waals surface area contributed by atoms with Crippen LogP contribution < -0.4 is 14.8 Å². The maximum atomic E-state index is 13.1. The second kappa shape index (κ2) is 8.34. The molecule has 24 heavy (non-hydrogen) atoms. The van der Waals surface area contributed by atoms with Crippen molar-refractivity contribution in [3.63, 3.8) is 0 Å². The molecule has 5 nitrogen and oxygen atoms in total. The number of halogens is 1. The van der Waals surface area contributed by atoms with E-state index in [1.54, 1.807) is 30.3 Å². The zero-order chi connectivity index (χ0) is 17.4. The van der Waals surface area contributed by atoms with Gasteiger partial charge in [0.15, 0.2) is 18.1 Å². The number of hydrogen-bond acceptors (Lipinski definition) is 4. The smallest absolute Gasteiger partial charge is 0.248 e. The summed E-state index contributed by atoms with van der Waals surface area (Å²) in [5.41, 5.74) is 1.09. The molecule has 0 bridgehead atoms. The lowest BCUT2D eigenvalue weighted by Gasteiger charge is -2.08. The number of nitriles is 1. The summed E-state index contributed by atoms with van der Waals surface area (Å²) in [5.74, 6) is 0.0946. The first-order valence-electron chi connectivity index (χ1n) is 7.05. The number of amides is 1. The van der Waals surface area contributed by atoms with Crippen molar-refractivity contribution in [3.8, 4) is 17.6 Å². The molecule has 0 aliphatic rings. The van der Waals surface area contributed by atoms with Crippen LogP contribution in [0.25, 0.3) is 6.08 Å². The molecular formula is C18H15FN2O3. The lowest BCUT2D eigenvalue weighted by Crippen LogP contribution is -2.07. The molecule has 0 aliphatic heterocycles. The highest BCUT2D eigenvalue weighted by molar-refractivity contribution is 6.01. The third kappa shape index (κ3) is 4.85. The Balaban J connectivity index is 2.05. The number of rotatable bonds is 6. The van der Waals surface area contributed by atoms with Gasteiger partial charge in [-0.15, -0.1) is 0 Å². The quantitative estimate of drug-likeness (QED) is 0.826. The van der Waals surface area contributed by atoms with Gasteiger partial charge in [-0.2, -0.15) is 5.26 Å². The Hall–Kier alpha value is -3.33. The average molecular weight is 326 g/mol. The Morgan fingerprint density at radius 3 is 2.83 bits per heavy atom. The first kappa shape index (κ1) is 17.0. The van der Waals surface area contributed by atoms with Crippen molar-refractivity contribution in [3.05, 3.63) is 59.9 Å². The molecule has 6 heteroatoms. The van der Waals surface area contributed by atoms with Crippen molar-refractivity contribution in [1.29, 1.82) is 5.26 Å². The molecule has 0 spiro atoms. The highest BCUT2D eigenvalue weighted by Gasteiger charge is 2.05. The minimum atomic E-state index is -0.422. The molecule has 0 fully saturated rings. The molecule has 0 saturated heterocycles. The molecule has 0 radical (unpaired) electrons. The molecule has 122 valence electrons. The van der Waals surface area contributed by atoms with E-state index in [1.165, 1.54) is 31.4 Å². The van der Waals surface area contributed by atoms with Crippen LogP contribution in [0.5, 0.6) is 11.5 Å². The molecule has 0 aliphatic carbocycles. The molecule has 1 amide bonds. The van der Waals surface area contributed by atoms with E-state index in [0.717, 1.165) is 0 Å². The van der Waals surface area contributed by atoms with E-state index < -0.39 is 5.82 Å². The van der Waals surface area contributed by atoms with Crippen molar-refractivity contribution in [2.75, 3.05) is 19.0 Å². The Bertz CT molecular complexity index is 797. The third-order valence-corrected chi connectivity index (χ3v) is 3.00.